The first-order chi connectivity index (χ1) is 13.0. The van der Waals surface area contributed by atoms with E-state index in [1.54, 1.807) is 11.1 Å². The molecule has 2 aromatic rings. The Morgan fingerprint density at radius 1 is 0.821 bits per heavy atom. The molecule has 0 amide bonds. The van der Waals surface area contributed by atoms with Gasteiger partial charge in [0.25, 0.3) is 0 Å². The molecular formula is C28H34. The second-order valence-corrected chi connectivity index (χ2v) is 10.8. The zero-order valence-corrected chi connectivity index (χ0v) is 18.7. The van der Waals surface area contributed by atoms with E-state index in [-0.39, 0.29) is 10.8 Å². The minimum atomic E-state index is 0.159. The SMILES string of the molecule is CC1=CCC(Cc2cc(C(C)(C)C)cc3c2Cc2ccc(C(C)(C)C)cc2-3)=C1. The highest BCUT2D eigenvalue weighted by molar-refractivity contribution is 5.79. The van der Waals surface area contributed by atoms with Crippen molar-refractivity contribution in [2.45, 2.75) is 78.6 Å². The van der Waals surface area contributed by atoms with Crippen LogP contribution >= 0.6 is 0 Å². The van der Waals surface area contributed by atoms with Crippen LogP contribution < -0.4 is 0 Å². The summed E-state index contributed by atoms with van der Waals surface area (Å²) in [5, 5.41) is 0. The molecular weight excluding hydrogens is 336 g/mol. The van der Waals surface area contributed by atoms with Gasteiger partial charge in [0, 0.05) is 0 Å². The fraction of sp³-hybridized carbons (Fsp3) is 0.429. The Balaban J connectivity index is 1.85. The van der Waals surface area contributed by atoms with E-state index < -0.39 is 0 Å². The van der Waals surface area contributed by atoms with Gasteiger partial charge in [-0.3, -0.25) is 0 Å². The fourth-order valence-electron chi connectivity index (χ4n) is 4.51. The lowest BCUT2D eigenvalue weighted by molar-refractivity contribution is 0.589. The Hall–Kier alpha value is -2.08. The maximum Gasteiger partial charge on any atom is -0.00106 e. The first-order valence-corrected chi connectivity index (χ1v) is 10.7. The van der Waals surface area contributed by atoms with Gasteiger partial charge in [0.1, 0.15) is 0 Å². The quantitative estimate of drug-likeness (QED) is 0.434. The summed E-state index contributed by atoms with van der Waals surface area (Å²) in [4.78, 5) is 0. The van der Waals surface area contributed by atoms with Crippen molar-refractivity contribution in [1.29, 1.82) is 0 Å². The van der Waals surface area contributed by atoms with E-state index in [4.69, 9.17) is 0 Å². The van der Waals surface area contributed by atoms with Gasteiger partial charge < -0.3 is 0 Å². The number of hydrogen-bond acceptors (Lipinski definition) is 0. The van der Waals surface area contributed by atoms with Crippen LogP contribution in [0.5, 0.6) is 0 Å². The summed E-state index contributed by atoms with van der Waals surface area (Å²) in [6.45, 7) is 16.1. The third-order valence-electron chi connectivity index (χ3n) is 6.38. The molecule has 0 heteroatoms. The standard InChI is InChI=1S/C28H34/c1-18-8-9-19(12-18)13-21-14-23(28(5,6)7)17-26-24(21)15-20-10-11-22(16-25(20)26)27(2,3)4/h8,10-12,14,16-17H,9,13,15H2,1-7H3. The van der Waals surface area contributed by atoms with Crippen molar-refractivity contribution >= 4 is 0 Å². The van der Waals surface area contributed by atoms with Crippen LogP contribution in [0.15, 0.2) is 53.6 Å². The third-order valence-corrected chi connectivity index (χ3v) is 6.38. The molecule has 0 heterocycles. The molecule has 28 heavy (non-hydrogen) atoms. The lowest BCUT2D eigenvalue weighted by atomic mass is 9.81. The van der Waals surface area contributed by atoms with Crippen LogP contribution in [0.4, 0.5) is 0 Å². The van der Waals surface area contributed by atoms with Gasteiger partial charge in [0.15, 0.2) is 0 Å². The Labute approximate surface area is 171 Å². The number of fused-ring (bicyclic) bond motifs is 3. The minimum absolute atomic E-state index is 0.159. The molecule has 2 aromatic carbocycles. The normalized spacial score (nSPS) is 16.0. The average Bonchev–Trinajstić information content (AvgIpc) is 3.16. The highest BCUT2D eigenvalue weighted by Crippen LogP contribution is 2.43. The summed E-state index contributed by atoms with van der Waals surface area (Å²) in [5.74, 6) is 0. The van der Waals surface area contributed by atoms with Crippen LogP contribution in [-0.2, 0) is 23.7 Å². The molecule has 146 valence electrons. The molecule has 0 N–H and O–H groups in total. The summed E-state index contributed by atoms with van der Waals surface area (Å²) in [7, 11) is 0. The maximum atomic E-state index is 2.49. The number of allylic oxidation sites excluding steroid dienone is 4. The van der Waals surface area contributed by atoms with Crippen LogP contribution in [0.25, 0.3) is 11.1 Å². The second kappa shape index (κ2) is 6.48. The molecule has 0 atom stereocenters. The van der Waals surface area contributed by atoms with Crippen molar-refractivity contribution in [2.75, 3.05) is 0 Å². The summed E-state index contributed by atoms with van der Waals surface area (Å²) in [5.41, 5.74) is 13.7. The van der Waals surface area contributed by atoms with Crippen molar-refractivity contribution in [2.24, 2.45) is 0 Å². The lowest BCUT2D eigenvalue weighted by Crippen LogP contribution is -2.13. The van der Waals surface area contributed by atoms with Gasteiger partial charge >= 0.3 is 0 Å². The average molecular weight is 371 g/mol. The largest absolute Gasteiger partial charge is 0.0775 e. The van der Waals surface area contributed by atoms with Crippen molar-refractivity contribution in [3.63, 3.8) is 0 Å². The molecule has 0 unspecified atom stereocenters. The van der Waals surface area contributed by atoms with Gasteiger partial charge in [0.05, 0.1) is 0 Å². The first kappa shape index (κ1) is 19.2. The first-order valence-electron chi connectivity index (χ1n) is 10.7. The van der Waals surface area contributed by atoms with Crippen molar-refractivity contribution < 1.29 is 0 Å². The predicted molar refractivity (Wildman–Crippen MR) is 122 cm³/mol. The molecule has 0 fully saturated rings. The van der Waals surface area contributed by atoms with E-state index >= 15 is 0 Å². The van der Waals surface area contributed by atoms with Crippen molar-refractivity contribution in [3.05, 3.63) is 81.4 Å². The molecule has 0 aliphatic heterocycles. The summed E-state index contributed by atoms with van der Waals surface area (Å²) >= 11 is 0. The maximum absolute atomic E-state index is 2.49. The van der Waals surface area contributed by atoms with Gasteiger partial charge in [-0.05, 0) is 76.0 Å². The smallest absolute Gasteiger partial charge is 0.00106 e. The number of benzene rings is 2. The molecule has 0 nitrogen and oxygen atoms in total. The fourth-order valence-corrected chi connectivity index (χ4v) is 4.51. The number of hydrogen-bond donors (Lipinski definition) is 0. The molecule has 2 aliphatic carbocycles. The van der Waals surface area contributed by atoms with Crippen LogP contribution in [-0.4, -0.2) is 0 Å². The van der Waals surface area contributed by atoms with E-state index in [9.17, 15) is 0 Å². The zero-order chi connectivity index (χ0) is 20.3. The summed E-state index contributed by atoms with van der Waals surface area (Å²) < 4.78 is 0. The molecule has 0 saturated carbocycles. The van der Waals surface area contributed by atoms with Crippen LogP contribution in [0.2, 0.25) is 0 Å². The van der Waals surface area contributed by atoms with Crippen LogP contribution in [0, 0.1) is 0 Å². The van der Waals surface area contributed by atoms with E-state index in [0.717, 1.165) is 19.3 Å². The molecule has 0 aromatic heterocycles. The van der Waals surface area contributed by atoms with E-state index in [1.165, 1.54) is 39.0 Å². The Bertz CT molecular complexity index is 998. The van der Waals surface area contributed by atoms with Gasteiger partial charge in [-0.15, -0.1) is 0 Å². The summed E-state index contributed by atoms with van der Waals surface area (Å²) in [6.07, 6.45) is 8.01. The molecule has 0 saturated heterocycles. The Morgan fingerprint density at radius 2 is 1.50 bits per heavy atom. The zero-order valence-electron chi connectivity index (χ0n) is 18.7. The van der Waals surface area contributed by atoms with Crippen molar-refractivity contribution in [3.8, 4) is 11.1 Å². The van der Waals surface area contributed by atoms with Gasteiger partial charge in [-0.25, -0.2) is 0 Å². The predicted octanol–water partition coefficient (Wildman–Crippen LogP) is 7.67. The van der Waals surface area contributed by atoms with Gasteiger partial charge in [-0.2, -0.15) is 0 Å². The molecule has 2 aliphatic rings. The van der Waals surface area contributed by atoms with E-state index in [1.807, 2.05) is 0 Å². The monoisotopic (exact) mass is 370 g/mol. The topological polar surface area (TPSA) is 0 Å². The highest BCUT2D eigenvalue weighted by Gasteiger charge is 2.27. The van der Waals surface area contributed by atoms with Gasteiger partial charge in [0.2, 0.25) is 0 Å². The minimum Gasteiger partial charge on any atom is -0.0775 e. The molecule has 0 bridgehead atoms. The van der Waals surface area contributed by atoms with Crippen LogP contribution in [0.1, 0.15) is 82.7 Å². The van der Waals surface area contributed by atoms with E-state index in [2.05, 4.69) is 91.0 Å². The molecule has 0 spiro atoms. The van der Waals surface area contributed by atoms with Gasteiger partial charge in [-0.1, -0.05) is 95.2 Å². The molecule has 0 radical (unpaired) electrons. The number of rotatable bonds is 2. The van der Waals surface area contributed by atoms with Crippen LogP contribution in [0.3, 0.4) is 0 Å². The Kier molecular flexibility index (Phi) is 4.45. The third kappa shape index (κ3) is 3.50. The van der Waals surface area contributed by atoms with Crippen molar-refractivity contribution in [1.82, 2.24) is 0 Å². The Morgan fingerprint density at radius 3 is 2.11 bits per heavy atom. The summed E-state index contributed by atoms with van der Waals surface area (Å²) in [6, 6.07) is 12.1. The highest BCUT2D eigenvalue weighted by atomic mass is 14.3. The second-order valence-electron chi connectivity index (χ2n) is 10.8. The lowest BCUT2D eigenvalue weighted by Gasteiger charge is -2.23. The van der Waals surface area contributed by atoms with E-state index in [0.29, 0.717) is 0 Å². The molecule has 4 rings (SSSR count).